The summed E-state index contributed by atoms with van der Waals surface area (Å²) in [6.07, 6.45) is 2.29. The second-order valence-electron chi connectivity index (χ2n) is 5.58. The largest absolute Gasteiger partial charge is 0.371 e. The predicted molar refractivity (Wildman–Crippen MR) is 68.1 cm³/mol. The monoisotopic (exact) mass is 234 g/mol. The van der Waals surface area contributed by atoms with Crippen LogP contribution in [0.15, 0.2) is 18.2 Å². The average molecular weight is 234 g/mol. The standard InChI is InChI=1S/C14H19FN2/c1-16-8-6-14(7-9-16)10-17(2)13-11(14)4-3-5-12(13)15/h3-5H,6-10H2,1-2H3. The first-order valence-electron chi connectivity index (χ1n) is 6.31. The molecule has 92 valence electrons. The molecule has 0 amide bonds. The number of likely N-dealkylation sites (N-methyl/N-ethyl adjacent to an activating group) is 1. The summed E-state index contributed by atoms with van der Waals surface area (Å²) in [4.78, 5) is 4.46. The highest BCUT2D eigenvalue weighted by atomic mass is 19.1. The van der Waals surface area contributed by atoms with E-state index in [1.165, 1.54) is 5.56 Å². The Balaban J connectivity index is 2.04. The highest BCUT2D eigenvalue weighted by Gasteiger charge is 2.44. The lowest BCUT2D eigenvalue weighted by molar-refractivity contribution is 0.197. The van der Waals surface area contributed by atoms with Crippen LogP contribution in [0.25, 0.3) is 0 Å². The maximum Gasteiger partial charge on any atom is 0.146 e. The molecule has 1 aromatic carbocycles. The topological polar surface area (TPSA) is 6.48 Å². The minimum atomic E-state index is -0.0687. The number of nitrogens with zero attached hydrogens (tertiary/aromatic N) is 2. The Morgan fingerprint density at radius 1 is 1.18 bits per heavy atom. The lowest BCUT2D eigenvalue weighted by Gasteiger charge is -2.38. The highest BCUT2D eigenvalue weighted by Crippen LogP contribution is 2.47. The molecule has 0 saturated carbocycles. The molecule has 2 heterocycles. The lowest BCUT2D eigenvalue weighted by atomic mass is 9.74. The van der Waals surface area contributed by atoms with Gasteiger partial charge in [0, 0.05) is 19.0 Å². The fourth-order valence-electron chi connectivity index (χ4n) is 3.42. The molecule has 0 N–H and O–H groups in total. The van der Waals surface area contributed by atoms with E-state index in [9.17, 15) is 4.39 Å². The zero-order valence-corrected chi connectivity index (χ0v) is 10.5. The van der Waals surface area contributed by atoms with Crippen LogP contribution in [0, 0.1) is 5.82 Å². The molecule has 1 saturated heterocycles. The SMILES string of the molecule is CN1CCC2(CC1)CN(C)c1c(F)cccc12. The fraction of sp³-hybridized carbons (Fsp3) is 0.571. The van der Waals surface area contributed by atoms with E-state index in [2.05, 4.69) is 22.9 Å². The smallest absolute Gasteiger partial charge is 0.146 e. The van der Waals surface area contributed by atoms with Crippen molar-refractivity contribution in [1.29, 1.82) is 0 Å². The van der Waals surface area contributed by atoms with Gasteiger partial charge in [-0.1, -0.05) is 12.1 Å². The molecule has 0 atom stereocenters. The lowest BCUT2D eigenvalue weighted by Crippen LogP contribution is -2.43. The number of halogens is 1. The van der Waals surface area contributed by atoms with Crippen LogP contribution in [0.2, 0.25) is 0 Å². The summed E-state index contributed by atoms with van der Waals surface area (Å²) < 4.78 is 13.9. The molecule has 1 aromatic rings. The Morgan fingerprint density at radius 3 is 2.59 bits per heavy atom. The summed E-state index contributed by atoms with van der Waals surface area (Å²) in [5.74, 6) is -0.0687. The maximum atomic E-state index is 13.9. The number of fused-ring (bicyclic) bond motifs is 2. The Bertz CT molecular complexity index is 436. The third-order valence-corrected chi connectivity index (χ3v) is 4.42. The minimum Gasteiger partial charge on any atom is -0.371 e. The van der Waals surface area contributed by atoms with Crippen LogP contribution in [-0.2, 0) is 5.41 Å². The van der Waals surface area contributed by atoms with Gasteiger partial charge in [0.05, 0.1) is 5.69 Å². The van der Waals surface area contributed by atoms with E-state index in [1.54, 1.807) is 6.07 Å². The molecule has 0 aliphatic carbocycles. The van der Waals surface area contributed by atoms with Crippen molar-refractivity contribution in [2.75, 3.05) is 38.6 Å². The molecular weight excluding hydrogens is 215 g/mol. The normalized spacial score (nSPS) is 23.1. The summed E-state index contributed by atoms with van der Waals surface area (Å²) in [7, 11) is 4.17. The molecule has 2 nitrogen and oxygen atoms in total. The average Bonchev–Trinajstić information content (AvgIpc) is 2.58. The van der Waals surface area contributed by atoms with Crippen molar-refractivity contribution in [3.05, 3.63) is 29.6 Å². The number of likely N-dealkylation sites (tertiary alicyclic amines) is 1. The van der Waals surface area contributed by atoms with Gasteiger partial charge in [-0.25, -0.2) is 4.39 Å². The third-order valence-electron chi connectivity index (χ3n) is 4.42. The first kappa shape index (κ1) is 11.0. The van der Waals surface area contributed by atoms with Crippen molar-refractivity contribution in [3.63, 3.8) is 0 Å². The molecule has 2 aliphatic heterocycles. The zero-order valence-electron chi connectivity index (χ0n) is 10.5. The van der Waals surface area contributed by atoms with Crippen molar-refractivity contribution < 1.29 is 4.39 Å². The minimum absolute atomic E-state index is 0.0687. The van der Waals surface area contributed by atoms with E-state index in [0.29, 0.717) is 0 Å². The molecule has 17 heavy (non-hydrogen) atoms. The van der Waals surface area contributed by atoms with Crippen molar-refractivity contribution in [3.8, 4) is 0 Å². The quantitative estimate of drug-likeness (QED) is 0.679. The number of hydrogen-bond donors (Lipinski definition) is 0. The summed E-state index contributed by atoms with van der Waals surface area (Å²) >= 11 is 0. The zero-order chi connectivity index (χ0) is 12.0. The van der Waals surface area contributed by atoms with Gasteiger partial charge < -0.3 is 9.80 Å². The molecule has 3 heteroatoms. The molecule has 1 spiro atoms. The van der Waals surface area contributed by atoms with Crippen LogP contribution >= 0.6 is 0 Å². The van der Waals surface area contributed by atoms with Crippen LogP contribution < -0.4 is 4.90 Å². The van der Waals surface area contributed by atoms with E-state index in [0.717, 1.165) is 38.2 Å². The van der Waals surface area contributed by atoms with Crippen LogP contribution in [0.5, 0.6) is 0 Å². The van der Waals surface area contributed by atoms with Crippen LogP contribution in [0.3, 0.4) is 0 Å². The number of rotatable bonds is 0. The highest BCUT2D eigenvalue weighted by molar-refractivity contribution is 5.63. The number of anilines is 1. The van der Waals surface area contributed by atoms with Gasteiger partial charge in [-0.15, -0.1) is 0 Å². The molecule has 0 unspecified atom stereocenters. The molecule has 0 radical (unpaired) electrons. The number of benzene rings is 1. The van der Waals surface area contributed by atoms with Crippen LogP contribution in [0.4, 0.5) is 10.1 Å². The predicted octanol–water partition coefficient (Wildman–Crippen LogP) is 2.24. The Hall–Kier alpha value is -1.09. The Morgan fingerprint density at radius 2 is 1.88 bits per heavy atom. The van der Waals surface area contributed by atoms with Gasteiger partial charge in [0.15, 0.2) is 0 Å². The molecule has 2 aliphatic rings. The van der Waals surface area contributed by atoms with E-state index >= 15 is 0 Å². The molecule has 3 rings (SSSR count). The first-order valence-corrected chi connectivity index (χ1v) is 6.31. The van der Waals surface area contributed by atoms with E-state index in [4.69, 9.17) is 0 Å². The van der Waals surface area contributed by atoms with Gasteiger partial charge in [-0.2, -0.15) is 0 Å². The molecule has 0 aromatic heterocycles. The van der Waals surface area contributed by atoms with Gasteiger partial charge in [-0.05, 0) is 44.6 Å². The summed E-state index contributed by atoms with van der Waals surface area (Å²) in [5.41, 5.74) is 2.25. The summed E-state index contributed by atoms with van der Waals surface area (Å²) in [6.45, 7) is 3.20. The second kappa shape index (κ2) is 3.70. The molecule has 0 bridgehead atoms. The molecular formula is C14H19FN2. The number of piperidine rings is 1. The van der Waals surface area contributed by atoms with Crippen molar-refractivity contribution in [2.45, 2.75) is 18.3 Å². The maximum absolute atomic E-state index is 13.9. The summed E-state index contributed by atoms with van der Waals surface area (Å²) in [6, 6.07) is 5.55. The Kier molecular flexibility index (Phi) is 2.40. The number of hydrogen-bond acceptors (Lipinski definition) is 2. The van der Waals surface area contributed by atoms with Crippen molar-refractivity contribution in [2.24, 2.45) is 0 Å². The van der Waals surface area contributed by atoms with Gasteiger partial charge >= 0.3 is 0 Å². The molecule has 1 fully saturated rings. The van der Waals surface area contributed by atoms with Crippen molar-refractivity contribution in [1.82, 2.24) is 4.90 Å². The number of para-hydroxylation sites is 1. The van der Waals surface area contributed by atoms with Gasteiger partial charge in [0.2, 0.25) is 0 Å². The van der Waals surface area contributed by atoms with E-state index < -0.39 is 0 Å². The van der Waals surface area contributed by atoms with Gasteiger partial charge in [0.1, 0.15) is 5.82 Å². The van der Waals surface area contributed by atoms with Gasteiger partial charge in [0.25, 0.3) is 0 Å². The summed E-state index contributed by atoms with van der Waals surface area (Å²) in [5, 5.41) is 0. The fourth-order valence-corrected chi connectivity index (χ4v) is 3.42. The first-order chi connectivity index (χ1) is 8.12. The van der Waals surface area contributed by atoms with Gasteiger partial charge in [-0.3, -0.25) is 0 Å². The van der Waals surface area contributed by atoms with Crippen molar-refractivity contribution >= 4 is 5.69 Å². The van der Waals surface area contributed by atoms with E-state index in [-0.39, 0.29) is 11.2 Å². The van der Waals surface area contributed by atoms with E-state index in [1.807, 2.05) is 13.1 Å². The third kappa shape index (κ3) is 1.56. The van der Waals surface area contributed by atoms with Crippen LogP contribution in [0.1, 0.15) is 18.4 Å². The Labute approximate surface area is 102 Å². The second-order valence-corrected chi connectivity index (χ2v) is 5.58. The van der Waals surface area contributed by atoms with Crippen LogP contribution in [-0.4, -0.2) is 38.6 Å².